The number of ether oxygens (including phenoxy) is 1. The van der Waals surface area contributed by atoms with Crippen molar-refractivity contribution in [1.82, 2.24) is 5.32 Å². The van der Waals surface area contributed by atoms with Crippen molar-refractivity contribution in [3.8, 4) is 5.75 Å². The third-order valence-electron chi connectivity index (χ3n) is 3.76. The standard InChI is InChI=1S/C17H17ClFNO/c1-2-20-15-10-17(11-3-6-13(19)7-4-11)21-16-8-5-12(18)9-14(15)16/h3-9,15,17,20H,2,10H2,1H3. The third kappa shape index (κ3) is 3.04. The van der Waals surface area contributed by atoms with Crippen molar-refractivity contribution in [2.75, 3.05) is 6.54 Å². The highest BCUT2D eigenvalue weighted by molar-refractivity contribution is 6.30. The lowest BCUT2D eigenvalue weighted by molar-refractivity contribution is 0.152. The van der Waals surface area contributed by atoms with Crippen LogP contribution in [-0.4, -0.2) is 6.54 Å². The highest BCUT2D eigenvalue weighted by Gasteiger charge is 2.29. The Morgan fingerprint density at radius 2 is 2.00 bits per heavy atom. The van der Waals surface area contributed by atoms with Crippen molar-refractivity contribution in [2.45, 2.75) is 25.5 Å². The molecule has 2 nitrogen and oxygen atoms in total. The molecule has 0 spiro atoms. The summed E-state index contributed by atoms with van der Waals surface area (Å²) < 4.78 is 19.1. The normalized spacial score (nSPS) is 20.7. The van der Waals surface area contributed by atoms with Crippen molar-refractivity contribution in [3.05, 3.63) is 64.4 Å². The molecule has 4 heteroatoms. The van der Waals surface area contributed by atoms with Gasteiger partial charge >= 0.3 is 0 Å². The Morgan fingerprint density at radius 1 is 1.24 bits per heavy atom. The molecule has 0 aliphatic carbocycles. The van der Waals surface area contributed by atoms with Crippen LogP contribution in [0.2, 0.25) is 5.02 Å². The van der Waals surface area contributed by atoms with Gasteiger partial charge in [-0.15, -0.1) is 0 Å². The fraction of sp³-hybridized carbons (Fsp3) is 0.294. The van der Waals surface area contributed by atoms with Gasteiger partial charge in [0.15, 0.2) is 0 Å². The summed E-state index contributed by atoms with van der Waals surface area (Å²) >= 11 is 6.09. The molecule has 1 N–H and O–H groups in total. The first-order valence-corrected chi connectivity index (χ1v) is 7.50. The second-order valence-corrected chi connectivity index (χ2v) is 5.62. The first-order chi connectivity index (χ1) is 10.2. The van der Waals surface area contributed by atoms with E-state index in [1.54, 1.807) is 12.1 Å². The van der Waals surface area contributed by atoms with Crippen molar-refractivity contribution >= 4 is 11.6 Å². The monoisotopic (exact) mass is 305 g/mol. The van der Waals surface area contributed by atoms with Gasteiger partial charge in [0, 0.05) is 23.0 Å². The van der Waals surface area contributed by atoms with Crippen LogP contribution in [0.1, 0.15) is 36.6 Å². The number of fused-ring (bicyclic) bond motifs is 1. The summed E-state index contributed by atoms with van der Waals surface area (Å²) in [5.41, 5.74) is 2.07. The molecule has 0 saturated heterocycles. The highest BCUT2D eigenvalue weighted by Crippen LogP contribution is 2.41. The predicted molar refractivity (Wildman–Crippen MR) is 82.3 cm³/mol. The summed E-state index contributed by atoms with van der Waals surface area (Å²) in [7, 11) is 0. The molecule has 2 aromatic carbocycles. The van der Waals surface area contributed by atoms with E-state index in [1.807, 2.05) is 18.2 Å². The smallest absolute Gasteiger partial charge is 0.126 e. The molecular formula is C17H17ClFNO. The Labute approximate surface area is 128 Å². The van der Waals surface area contributed by atoms with Crippen molar-refractivity contribution in [1.29, 1.82) is 0 Å². The molecule has 21 heavy (non-hydrogen) atoms. The van der Waals surface area contributed by atoms with Gasteiger partial charge in [-0.05, 0) is 42.4 Å². The van der Waals surface area contributed by atoms with Gasteiger partial charge in [0.1, 0.15) is 17.7 Å². The van der Waals surface area contributed by atoms with Crippen LogP contribution in [0.3, 0.4) is 0 Å². The zero-order valence-electron chi connectivity index (χ0n) is 11.8. The summed E-state index contributed by atoms with van der Waals surface area (Å²) in [5, 5.41) is 4.18. The van der Waals surface area contributed by atoms with E-state index in [2.05, 4.69) is 12.2 Å². The van der Waals surface area contributed by atoms with Gasteiger partial charge in [-0.1, -0.05) is 30.7 Å². The molecule has 2 atom stereocenters. The van der Waals surface area contributed by atoms with E-state index in [0.717, 1.165) is 29.8 Å². The summed E-state index contributed by atoms with van der Waals surface area (Å²) in [6.07, 6.45) is 0.718. The van der Waals surface area contributed by atoms with Gasteiger partial charge in [-0.25, -0.2) is 4.39 Å². The van der Waals surface area contributed by atoms with Crippen molar-refractivity contribution in [3.63, 3.8) is 0 Å². The second kappa shape index (κ2) is 6.04. The van der Waals surface area contributed by atoms with Crippen LogP contribution in [0.5, 0.6) is 5.75 Å². The topological polar surface area (TPSA) is 21.3 Å². The molecular weight excluding hydrogens is 289 g/mol. The molecule has 0 radical (unpaired) electrons. The molecule has 1 heterocycles. The number of halogens is 2. The molecule has 0 fully saturated rings. The first kappa shape index (κ1) is 14.4. The zero-order chi connectivity index (χ0) is 14.8. The van der Waals surface area contributed by atoms with Crippen LogP contribution in [0.15, 0.2) is 42.5 Å². The van der Waals surface area contributed by atoms with Gasteiger partial charge in [0.25, 0.3) is 0 Å². The van der Waals surface area contributed by atoms with E-state index in [9.17, 15) is 4.39 Å². The molecule has 2 aromatic rings. The fourth-order valence-electron chi connectivity index (χ4n) is 2.76. The molecule has 2 unspecified atom stereocenters. The summed E-state index contributed by atoms with van der Waals surface area (Å²) in [6, 6.07) is 12.4. The zero-order valence-corrected chi connectivity index (χ0v) is 12.5. The minimum atomic E-state index is -0.232. The molecule has 110 valence electrons. The lowest BCUT2D eigenvalue weighted by Crippen LogP contribution is -2.29. The average Bonchev–Trinajstić information content (AvgIpc) is 2.48. The van der Waals surface area contributed by atoms with Gasteiger partial charge < -0.3 is 10.1 Å². The fourth-order valence-corrected chi connectivity index (χ4v) is 2.94. The van der Waals surface area contributed by atoms with Gasteiger partial charge in [-0.2, -0.15) is 0 Å². The maximum atomic E-state index is 13.1. The van der Waals surface area contributed by atoms with E-state index < -0.39 is 0 Å². The molecule has 1 aliphatic rings. The average molecular weight is 306 g/mol. The number of rotatable bonds is 3. The Balaban J connectivity index is 1.93. The minimum absolute atomic E-state index is 0.0803. The lowest BCUT2D eigenvalue weighted by atomic mass is 9.93. The van der Waals surface area contributed by atoms with E-state index in [1.165, 1.54) is 12.1 Å². The number of nitrogens with one attached hydrogen (secondary N) is 1. The van der Waals surface area contributed by atoms with Crippen LogP contribution >= 0.6 is 11.6 Å². The Bertz CT molecular complexity index is 629. The molecule has 0 saturated carbocycles. The predicted octanol–water partition coefficient (Wildman–Crippen LogP) is 4.65. The van der Waals surface area contributed by atoms with Gasteiger partial charge in [-0.3, -0.25) is 0 Å². The van der Waals surface area contributed by atoms with Crippen LogP contribution in [0.25, 0.3) is 0 Å². The van der Waals surface area contributed by atoms with Crippen molar-refractivity contribution < 1.29 is 9.13 Å². The van der Waals surface area contributed by atoms with Gasteiger partial charge in [0.05, 0.1) is 0 Å². The maximum absolute atomic E-state index is 13.1. The minimum Gasteiger partial charge on any atom is -0.485 e. The molecule has 0 bridgehead atoms. The van der Waals surface area contributed by atoms with Crippen LogP contribution in [0.4, 0.5) is 4.39 Å². The highest BCUT2D eigenvalue weighted by atomic mass is 35.5. The SMILES string of the molecule is CCNC1CC(c2ccc(F)cc2)Oc2ccc(Cl)cc21. The van der Waals surface area contributed by atoms with Crippen LogP contribution in [0, 0.1) is 5.82 Å². The van der Waals surface area contributed by atoms with Crippen LogP contribution < -0.4 is 10.1 Å². The number of benzene rings is 2. The van der Waals surface area contributed by atoms with E-state index in [-0.39, 0.29) is 18.0 Å². The van der Waals surface area contributed by atoms with Gasteiger partial charge in [0.2, 0.25) is 0 Å². The summed E-state index contributed by atoms with van der Waals surface area (Å²) in [5.74, 6) is 0.607. The quantitative estimate of drug-likeness (QED) is 0.891. The second-order valence-electron chi connectivity index (χ2n) is 5.19. The van der Waals surface area contributed by atoms with E-state index >= 15 is 0 Å². The number of hydrogen-bond acceptors (Lipinski definition) is 2. The first-order valence-electron chi connectivity index (χ1n) is 7.12. The molecule has 0 amide bonds. The molecule has 3 rings (SSSR count). The third-order valence-corrected chi connectivity index (χ3v) is 3.99. The number of hydrogen-bond donors (Lipinski definition) is 1. The Morgan fingerprint density at radius 3 is 2.71 bits per heavy atom. The Hall–Kier alpha value is -1.58. The lowest BCUT2D eigenvalue weighted by Gasteiger charge is -2.33. The van der Waals surface area contributed by atoms with E-state index in [4.69, 9.17) is 16.3 Å². The summed E-state index contributed by atoms with van der Waals surface area (Å²) in [6.45, 7) is 2.94. The van der Waals surface area contributed by atoms with E-state index in [0.29, 0.717) is 5.02 Å². The maximum Gasteiger partial charge on any atom is 0.126 e. The largest absolute Gasteiger partial charge is 0.485 e. The Kier molecular flexibility index (Phi) is 4.13. The van der Waals surface area contributed by atoms with Crippen LogP contribution in [-0.2, 0) is 0 Å². The van der Waals surface area contributed by atoms with Crippen molar-refractivity contribution in [2.24, 2.45) is 0 Å². The molecule has 1 aliphatic heterocycles. The molecule has 0 aromatic heterocycles. The summed E-state index contributed by atoms with van der Waals surface area (Å²) in [4.78, 5) is 0.